The highest BCUT2D eigenvalue weighted by molar-refractivity contribution is 7.12. The van der Waals surface area contributed by atoms with E-state index >= 15 is 0 Å². The molecule has 0 bridgehead atoms. The minimum absolute atomic E-state index is 0.0188. The fraction of sp³-hybridized carbons (Fsp3) is 0. The number of amides is 3. The predicted molar refractivity (Wildman–Crippen MR) is 101 cm³/mol. The number of hydrogen-bond donors (Lipinski definition) is 3. The van der Waals surface area contributed by atoms with E-state index in [0.29, 0.717) is 16.3 Å². The predicted octanol–water partition coefficient (Wildman–Crippen LogP) is 1.62. The molecule has 9 heteroatoms. The number of aromatic nitrogens is 1. The lowest BCUT2D eigenvalue weighted by molar-refractivity contribution is 0.0879. The Morgan fingerprint density at radius 3 is 2.48 bits per heavy atom. The van der Waals surface area contributed by atoms with E-state index in [4.69, 9.17) is 5.73 Å². The summed E-state index contributed by atoms with van der Waals surface area (Å²) in [7, 11) is 0. The van der Waals surface area contributed by atoms with Gasteiger partial charge in [-0.1, -0.05) is 6.07 Å². The number of nitrogens with two attached hydrogens (primary N) is 1. The number of nitrogen functional groups attached to an aromatic ring is 1. The van der Waals surface area contributed by atoms with Crippen LogP contribution in [-0.2, 0) is 0 Å². The molecule has 0 saturated heterocycles. The Morgan fingerprint density at radius 2 is 1.81 bits per heavy atom. The lowest BCUT2D eigenvalue weighted by Crippen LogP contribution is -2.24. The maximum absolute atomic E-state index is 12.4. The Balaban J connectivity index is 1.68. The Kier molecular flexibility index (Phi) is 3.85. The summed E-state index contributed by atoms with van der Waals surface area (Å²) < 4.78 is 1.14. The lowest BCUT2D eigenvalue weighted by Gasteiger charge is -2.12. The molecule has 27 heavy (non-hydrogen) atoms. The second-order valence-electron chi connectivity index (χ2n) is 5.75. The van der Waals surface area contributed by atoms with Crippen LogP contribution in [0.25, 0.3) is 5.69 Å². The van der Waals surface area contributed by atoms with Crippen molar-refractivity contribution in [2.24, 2.45) is 0 Å². The monoisotopic (exact) mass is 380 g/mol. The first kappa shape index (κ1) is 16.7. The number of imide groups is 1. The van der Waals surface area contributed by atoms with Gasteiger partial charge in [-0.05, 0) is 35.7 Å². The van der Waals surface area contributed by atoms with Crippen molar-refractivity contribution in [3.8, 4) is 5.69 Å². The van der Waals surface area contributed by atoms with Gasteiger partial charge in [0.2, 0.25) is 0 Å². The Hall–Kier alpha value is -3.72. The zero-order valence-electron chi connectivity index (χ0n) is 13.7. The third-order valence-electron chi connectivity index (χ3n) is 4.08. The van der Waals surface area contributed by atoms with Crippen molar-refractivity contribution in [2.45, 2.75) is 0 Å². The molecule has 2 aromatic heterocycles. The van der Waals surface area contributed by atoms with Gasteiger partial charge in [-0.2, -0.15) is 0 Å². The Morgan fingerprint density at radius 1 is 1.07 bits per heavy atom. The summed E-state index contributed by atoms with van der Waals surface area (Å²) >= 11 is 1.33. The van der Waals surface area contributed by atoms with Crippen molar-refractivity contribution in [3.63, 3.8) is 0 Å². The normalized spacial score (nSPS) is 12.6. The minimum Gasteiger partial charge on any atom is -0.384 e. The van der Waals surface area contributed by atoms with E-state index in [-0.39, 0.29) is 22.9 Å². The van der Waals surface area contributed by atoms with E-state index in [1.807, 2.05) is 5.38 Å². The molecule has 4 N–H and O–H groups in total. The molecular formula is C18H12N4O4S. The summed E-state index contributed by atoms with van der Waals surface area (Å²) in [5.41, 5.74) is 6.34. The number of pyridine rings is 1. The maximum atomic E-state index is 12.4. The van der Waals surface area contributed by atoms with Crippen LogP contribution in [0.4, 0.5) is 11.5 Å². The third-order valence-corrected chi connectivity index (χ3v) is 4.95. The van der Waals surface area contributed by atoms with E-state index in [1.54, 1.807) is 36.4 Å². The highest BCUT2D eigenvalue weighted by atomic mass is 32.1. The van der Waals surface area contributed by atoms with Crippen LogP contribution in [0.3, 0.4) is 0 Å². The number of carbonyl (C=O) groups is 3. The first-order valence-electron chi connectivity index (χ1n) is 7.82. The van der Waals surface area contributed by atoms with E-state index < -0.39 is 17.4 Å². The molecule has 0 radical (unpaired) electrons. The summed E-state index contributed by atoms with van der Waals surface area (Å²) in [6.07, 6.45) is 0. The second-order valence-corrected chi connectivity index (χ2v) is 6.70. The van der Waals surface area contributed by atoms with E-state index in [1.165, 1.54) is 11.3 Å². The van der Waals surface area contributed by atoms with Crippen LogP contribution in [0, 0.1) is 0 Å². The van der Waals surface area contributed by atoms with Crippen molar-refractivity contribution in [3.05, 3.63) is 74.2 Å². The van der Waals surface area contributed by atoms with Gasteiger partial charge in [-0.25, -0.2) is 0 Å². The van der Waals surface area contributed by atoms with Crippen molar-refractivity contribution < 1.29 is 14.4 Å². The van der Waals surface area contributed by atoms with Gasteiger partial charge in [0, 0.05) is 11.8 Å². The van der Waals surface area contributed by atoms with Crippen molar-refractivity contribution >= 4 is 40.6 Å². The molecule has 3 heterocycles. The smallest absolute Gasteiger partial charge is 0.265 e. The quantitative estimate of drug-likeness (QED) is 0.596. The minimum atomic E-state index is -0.641. The average Bonchev–Trinajstić information content (AvgIpc) is 3.25. The summed E-state index contributed by atoms with van der Waals surface area (Å²) in [4.78, 5) is 48.7. The summed E-state index contributed by atoms with van der Waals surface area (Å²) in [5.74, 6) is -1.63. The van der Waals surface area contributed by atoms with Crippen molar-refractivity contribution in [1.82, 2.24) is 9.88 Å². The molecule has 1 aliphatic rings. The number of benzene rings is 1. The van der Waals surface area contributed by atoms with Crippen LogP contribution < -0.4 is 21.9 Å². The van der Waals surface area contributed by atoms with E-state index in [2.05, 4.69) is 10.6 Å². The molecule has 3 amide bonds. The number of nitrogens with one attached hydrogen (secondary N) is 2. The van der Waals surface area contributed by atoms with E-state index in [0.717, 1.165) is 10.6 Å². The maximum Gasteiger partial charge on any atom is 0.265 e. The molecule has 1 aliphatic heterocycles. The molecular weight excluding hydrogens is 368 g/mol. The fourth-order valence-corrected chi connectivity index (χ4v) is 3.46. The van der Waals surface area contributed by atoms with Gasteiger partial charge in [0.05, 0.1) is 21.7 Å². The van der Waals surface area contributed by atoms with Crippen LogP contribution in [0.1, 0.15) is 30.4 Å². The van der Waals surface area contributed by atoms with Gasteiger partial charge in [0.1, 0.15) is 5.82 Å². The van der Waals surface area contributed by atoms with E-state index in [9.17, 15) is 19.2 Å². The van der Waals surface area contributed by atoms with Crippen LogP contribution >= 0.6 is 11.3 Å². The van der Waals surface area contributed by atoms with Gasteiger partial charge in [-0.3, -0.25) is 29.1 Å². The molecule has 3 aromatic rings. The van der Waals surface area contributed by atoms with Crippen molar-refractivity contribution in [1.29, 1.82) is 0 Å². The standard InChI is InChI=1S/C18H12N4O4S/c19-15-14-11(16(24)21-18(14)26)8-13(23)22(15)10-5-3-9(4-6-10)20-17(25)12-2-1-7-27-12/h1-8H,19H2,(H,20,25)(H,21,24,26). The first-order chi connectivity index (χ1) is 13.0. The number of nitrogens with zero attached hydrogens (tertiary/aromatic N) is 1. The van der Waals surface area contributed by atoms with Gasteiger partial charge < -0.3 is 11.1 Å². The number of anilines is 2. The molecule has 0 spiro atoms. The summed E-state index contributed by atoms with van der Waals surface area (Å²) in [5, 5.41) is 6.67. The molecule has 0 fully saturated rings. The largest absolute Gasteiger partial charge is 0.384 e. The van der Waals surface area contributed by atoms with Gasteiger partial charge in [0.25, 0.3) is 23.3 Å². The van der Waals surface area contributed by atoms with Gasteiger partial charge in [0.15, 0.2) is 0 Å². The second kappa shape index (κ2) is 6.22. The molecule has 4 rings (SSSR count). The molecule has 8 nitrogen and oxygen atoms in total. The Bertz CT molecular complexity index is 1150. The van der Waals surface area contributed by atoms with Gasteiger partial charge in [-0.15, -0.1) is 11.3 Å². The summed E-state index contributed by atoms with van der Waals surface area (Å²) in [6.45, 7) is 0. The van der Waals surface area contributed by atoms with Crippen LogP contribution in [0.2, 0.25) is 0 Å². The molecule has 1 aromatic carbocycles. The molecule has 0 unspecified atom stereocenters. The van der Waals surface area contributed by atoms with Crippen molar-refractivity contribution in [2.75, 3.05) is 11.1 Å². The zero-order valence-corrected chi connectivity index (χ0v) is 14.5. The SMILES string of the molecule is Nc1c2c(cc(=O)n1-c1ccc(NC(=O)c3cccs3)cc1)C(=O)NC2=O. The van der Waals surface area contributed by atoms with Gasteiger partial charge >= 0.3 is 0 Å². The summed E-state index contributed by atoms with van der Waals surface area (Å²) in [6, 6.07) is 11.0. The molecule has 134 valence electrons. The van der Waals surface area contributed by atoms with Crippen LogP contribution in [0.15, 0.2) is 52.6 Å². The number of thiophene rings is 1. The number of carbonyl (C=O) groups excluding carboxylic acids is 3. The van der Waals surface area contributed by atoms with Crippen LogP contribution in [-0.4, -0.2) is 22.3 Å². The third kappa shape index (κ3) is 2.79. The molecule has 0 saturated carbocycles. The lowest BCUT2D eigenvalue weighted by atomic mass is 10.1. The number of rotatable bonds is 3. The highest BCUT2D eigenvalue weighted by Crippen LogP contribution is 2.23. The molecule has 0 atom stereocenters. The Labute approximate surface area is 156 Å². The van der Waals surface area contributed by atoms with Crippen LogP contribution in [0.5, 0.6) is 0 Å². The molecule has 0 aliphatic carbocycles. The number of hydrogen-bond acceptors (Lipinski definition) is 6. The first-order valence-corrected chi connectivity index (χ1v) is 8.70. The fourth-order valence-electron chi connectivity index (χ4n) is 2.84. The topological polar surface area (TPSA) is 123 Å². The zero-order chi connectivity index (χ0) is 19.1. The highest BCUT2D eigenvalue weighted by Gasteiger charge is 2.31. The average molecular weight is 380 g/mol. The number of fused-ring (bicyclic) bond motifs is 1.